The van der Waals surface area contributed by atoms with Gasteiger partial charge in [0.1, 0.15) is 0 Å². The van der Waals surface area contributed by atoms with E-state index in [-0.39, 0.29) is 30.0 Å². The molecule has 0 saturated heterocycles. The minimum absolute atomic E-state index is 0. The van der Waals surface area contributed by atoms with Crippen LogP contribution in [0.4, 0.5) is 5.69 Å². The molecule has 0 amide bonds. The van der Waals surface area contributed by atoms with Crippen LogP contribution in [0.3, 0.4) is 0 Å². The fraction of sp³-hybridized carbons (Fsp3) is 0.364. The molecule has 1 aliphatic heterocycles. The zero-order valence-corrected chi connectivity index (χ0v) is 15.9. The maximum Gasteiger partial charge on any atom is 0.161 e. The van der Waals surface area contributed by atoms with Gasteiger partial charge < -0.3 is 5.32 Å². The van der Waals surface area contributed by atoms with E-state index in [1.165, 1.54) is 0 Å². The molecule has 1 aromatic rings. The van der Waals surface area contributed by atoms with Crippen molar-refractivity contribution in [3.05, 3.63) is 28.8 Å². The first-order chi connectivity index (χ1) is 7.70. The molecule has 1 aliphatic rings. The number of nitrogens with one attached hydrogen (secondary N) is 1. The van der Waals surface area contributed by atoms with Crippen LogP contribution < -0.4 is 5.32 Å². The van der Waals surface area contributed by atoms with Crippen molar-refractivity contribution in [3.8, 4) is 0 Å². The number of hydrogen-bond acceptors (Lipinski definition) is 3. The number of thioether (sulfide) groups is 1. The van der Waals surface area contributed by atoms with Crippen LogP contribution in [0.25, 0.3) is 0 Å². The molecule has 0 fully saturated rings. The van der Waals surface area contributed by atoms with Crippen molar-refractivity contribution in [2.75, 3.05) is 11.2 Å². The second kappa shape index (κ2) is 8.82. The molecule has 0 spiro atoms. The van der Waals surface area contributed by atoms with Crippen molar-refractivity contribution in [1.29, 1.82) is 0 Å². The zero-order chi connectivity index (χ0) is 12.1. The summed E-state index contributed by atoms with van der Waals surface area (Å²) in [7, 11) is 0. The van der Waals surface area contributed by atoms with E-state index >= 15 is 0 Å². The van der Waals surface area contributed by atoms with Gasteiger partial charge >= 0.3 is 0 Å². The van der Waals surface area contributed by atoms with E-state index in [9.17, 15) is 0 Å². The third-order valence-corrected chi connectivity index (χ3v) is 3.04. The van der Waals surface area contributed by atoms with Gasteiger partial charge in [0.25, 0.3) is 0 Å². The fourth-order valence-electron chi connectivity index (χ4n) is 1.48. The van der Waals surface area contributed by atoms with Crippen LogP contribution in [-0.4, -0.2) is 16.4 Å². The van der Waals surface area contributed by atoms with E-state index in [4.69, 9.17) is 11.6 Å². The van der Waals surface area contributed by atoms with Crippen molar-refractivity contribution in [2.45, 2.75) is 13.0 Å². The van der Waals surface area contributed by atoms with E-state index in [0.29, 0.717) is 0 Å². The highest BCUT2D eigenvalue weighted by molar-refractivity contribution is 14.1. The minimum Gasteiger partial charge on any atom is -0.358 e. The lowest BCUT2D eigenvalue weighted by Gasteiger charge is -2.23. The van der Waals surface area contributed by atoms with Gasteiger partial charge in [0, 0.05) is 10.6 Å². The molecule has 1 N–H and O–H groups in total. The Morgan fingerprint density at radius 1 is 1.41 bits per heavy atom. The van der Waals surface area contributed by atoms with Gasteiger partial charge in [-0.3, -0.25) is 0 Å². The lowest BCUT2D eigenvalue weighted by atomic mass is 10.1. The van der Waals surface area contributed by atoms with Crippen LogP contribution in [0.1, 0.15) is 18.5 Å². The number of rotatable bonds is 0. The average molecular weight is 497 g/mol. The van der Waals surface area contributed by atoms with Crippen LogP contribution in [0, 0.1) is 0 Å². The van der Waals surface area contributed by atoms with Gasteiger partial charge in [0.15, 0.2) is 5.17 Å². The normalized spacial score (nSPS) is 16.5. The van der Waals surface area contributed by atoms with Crippen molar-refractivity contribution in [2.24, 2.45) is 4.99 Å². The van der Waals surface area contributed by atoms with Gasteiger partial charge in [-0.05, 0) is 36.3 Å². The Morgan fingerprint density at radius 3 is 2.65 bits per heavy atom. The fourth-order valence-corrected chi connectivity index (χ4v) is 2.15. The number of fused-ring (bicyclic) bond motifs is 1. The maximum absolute atomic E-state index is 5.93. The van der Waals surface area contributed by atoms with Gasteiger partial charge in [-0.15, -0.1) is 24.0 Å². The van der Waals surface area contributed by atoms with Crippen molar-refractivity contribution in [3.63, 3.8) is 0 Å². The summed E-state index contributed by atoms with van der Waals surface area (Å²) in [5.74, 6) is 0. The lowest BCUT2D eigenvalue weighted by Crippen LogP contribution is -2.26. The molecule has 1 heterocycles. The molecular formula is C11H15ClI2N2S. The summed E-state index contributed by atoms with van der Waals surface area (Å²) in [6, 6.07) is 6.09. The Balaban J connectivity index is 0.000000811. The molecule has 0 aliphatic carbocycles. The summed E-state index contributed by atoms with van der Waals surface area (Å²) in [6.45, 7) is 2.11. The molecule has 0 radical (unpaired) electrons. The Labute approximate surface area is 143 Å². The van der Waals surface area contributed by atoms with E-state index < -0.39 is 0 Å². The molecular weight excluding hydrogens is 481 g/mol. The molecule has 0 saturated carbocycles. The van der Waals surface area contributed by atoms with Gasteiger partial charge in [-0.1, -0.05) is 46.0 Å². The molecule has 0 aromatic heterocycles. The molecule has 1 aromatic carbocycles. The highest BCUT2D eigenvalue weighted by atomic mass is 127. The Kier molecular flexibility index (Phi) is 9.23. The third-order valence-electron chi connectivity index (χ3n) is 2.21. The first-order valence-corrected chi connectivity index (χ1v) is 8.53. The molecule has 1 atom stereocenters. The maximum atomic E-state index is 5.93. The van der Waals surface area contributed by atoms with Gasteiger partial charge in [-0.2, -0.15) is 0 Å². The Hall–Kier alpha value is 0.790. The summed E-state index contributed by atoms with van der Waals surface area (Å²) in [4.78, 5) is 6.44. The molecule has 1 unspecified atom stereocenters. The van der Waals surface area contributed by atoms with Crippen LogP contribution in [-0.2, 0) is 0 Å². The van der Waals surface area contributed by atoms with Crippen LogP contribution in [0.2, 0.25) is 5.02 Å². The van der Waals surface area contributed by atoms with Gasteiger partial charge in [-0.25, -0.2) is 4.99 Å². The van der Waals surface area contributed by atoms with E-state index in [1.807, 2.05) is 29.4 Å². The SMILES string of the molecule is CI.CSC1=Nc2ccc(Cl)cc2C(C)N1.I. The summed E-state index contributed by atoms with van der Waals surface area (Å²) in [6.07, 6.45) is 2.01. The summed E-state index contributed by atoms with van der Waals surface area (Å²) in [5, 5.41) is 5.03. The number of hydrogen-bond donors (Lipinski definition) is 1. The third kappa shape index (κ3) is 4.76. The van der Waals surface area contributed by atoms with Crippen LogP contribution >= 0.6 is 69.9 Å². The van der Waals surface area contributed by atoms with E-state index in [2.05, 4.69) is 39.8 Å². The number of aliphatic imine (C=N–C) groups is 1. The highest BCUT2D eigenvalue weighted by Gasteiger charge is 2.17. The van der Waals surface area contributed by atoms with Crippen molar-refractivity contribution >= 4 is 80.8 Å². The first-order valence-electron chi connectivity index (χ1n) is 4.77. The van der Waals surface area contributed by atoms with Gasteiger partial charge in [0.2, 0.25) is 0 Å². The topological polar surface area (TPSA) is 24.4 Å². The molecule has 6 heteroatoms. The quantitative estimate of drug-likeness (QED) is 0.403. The number of benzene rings is 1. The number of halogens is 3. The smallest absolute Gasteiger partial charge is 0.161 e. The Morgan fingerprint density at radius 2 is 2.06 bits per heavy atom. The number of nitrogens with zero attached hydrogens (tertiary/aromatic N) is 1. The predicted molar refractivity (Wildman–Crippen MR) is 99.0 cm³/mol. The predicted octanol–water partition coefficient (Wildman–Crippen LogP) is 5.02. The number of amidine groups is 1. The summed E-state index contributed by atoms with van der Waals surface area (Å²) in [5.41, 5.74) is 2.18. The van der Waals surface area contributed by atoms with E-state index in [0.717, 1.165) is 21.4 Å². The van der Waals surface area contributed by atoms with Crippen LogP contribution in [0.5, 0.6) is 0 Å². The monoisotopic (exact) mass is 496 g/mol. The Bertz CT molecular complexity index is 399. The van der Waals surface area contributed by atoms with Crippen LogP contribution in [0.15, 0.2) is 23.2 Å². The minimum atomic E-state index is 0. The largest absolute Gasteiger partial charge is 0.358 e. The first kappa shape index (κ1) is 17.8. The average Bonchev–Trinajstić information content (AvgIpc) is 2.32. The summed E-state index contributed by atoms with van der Waals surface area (Å²) >= 11 is 9.70. The second-order valence-corrected chi connectivity index (χ2v) is 4.42. The van der Waals surface area contributed by atoms with Crippen molar-refractivity contribution < 1.29 is 0 Å². The molecule has 17 heavy (non-hydrogen) atoms. The molecule has 2 rings (SSSR count). The van der Waals surface area contributed by atoms with E-state index in [1.54, 1.807) is 11.8 Å². The standard InChI is InChI=1S/C10H11ClN2S.CH3I.HI/c1-6-8-5-7(11)3-4-9(8)13-10(12-6)14-2;1-2;/h3-6H,1-2H3,(H,12,13);1H3;1H. The van der Waals surface area contributed by atoms with Gasteiger partial charge in [0.05, 0.1) is 11.7 Å². The molecule has 0 bridgehead atoms. The molecule has 96 valence electrons. The second-order valence-electron chi connectivity index (χ2n) is 3.19. The zero-order valence-electron chi connectivity index (χ0n) is 9.83. The van der Waals surface area contributed by atoms with Crippen molar-refractivity contribution in [1.82, 2.24) is 5.32 Å². The molecule has 2 nitrogen and oxygen atoms in total. The lowest BCUT2D eigenvalue weighted by molar-refractivity contribution is 0.713. The number of alkyl halides is 1. The highest BCUT2D eigenvalue weighted by Crippen LogP contribution is 2.32. The summed E-state index contributed by atoms with van der Waals surface area (Å²) < 4.78 is 0.